The summed E-state index contributed by atoms with van der Waals surface area (Å²) in [5.41, 5.74) is 0.596. The van der Waals surface area contributed by atoms with Crippen molar-refractivity contribution in [1.82, 2.24) is 0 Å². The molecular weight excluding hydrogens is 239 g/mol. The number of benzene rings is 1. The molecule has 1 aromatic carbocycles. The first-order valence-electron chi connectivity index (χ1n) is 6.19. The van der Waals surface area contributed by atoms with Crippen LogP contribution in [0.25, 0.3) is 4.85 Å². The summed E-state index contributed by atoms with van der Waals surface area (Å²) in [7, 11) is 0. The van der Waals surface area contributed by atoms with E-state index in [1.807, 2.05) is 53.7 Å². The summed E-state index contributed by atoms with van der Waals surface area (Å²) in [5.74, 6) is -0.685. The van der Waals surface area contributed by atoms with E-state index in [9.17, 15) is 9.65 Å². The molecule has 0 aliphatic carbocycles. The molecule has 0 N–H and O–H groups in total. The van der Waals surface area contributed by atoms with Crippen LogP contribution in [0.1, 0.15) is 58.2 Å². The number of nitriles is 1. The molecule has 0 aliphatic rings. The van der Waals surface area contributed by atoms with Crippen molar-refractivity contribution in [3.8, 4) is 6.07 Å². The minimum atomic E-state index is -0.685. The first-order chi connectivity index (χ1) is 8.54. The predicted molar refractivity (Wildman–Crippen MR) is 74.8 cm³/mol. The molecule has 0 heterocycles. The zero-order valence-corrected chi connectivity index (χ0v) is 12.3. The van der Waals surface area contributed by atoms with Crippen LogP contribution in [-0.2, 0) is 10.8 Å². The maximum atomic E-state index is 14.4. The Kier molecular flexibility index (Phi) is 3.73. The van der Waals surface area contributed by atoms with Gasteiger partial charge in [-0.2, -0.15) is 5.26 Å². The second kappa shape index (κ2) is 4.67. The highest BCUT2D eigenvalue weighted by molar-refractivity contribution is 5.64. The van der Waals surface area contributed by atoms with Gasteiger partial charge in [0.2, 0.25) is 5.69 Å². The SMILES string of the molecule is [C-]#[N+]c1c(C(C)(C)C)cc(C(C)(C)C)c(C#N)c1F. The van der Waals surface area contributed by atoms with Crippen LogP contribution in [0.15, 0.2) is 6.07 Å². The Morgan fingerprint density at radius 2 is 1.58 bits per heavy atom. The topological polar surface area (TPSA) is 28.1 Å². The van der Waals surface area contributed by atoms with Gasteiger partial charge < -0.3 is 0 Å². The molecule has 0 atom stereocenters. The Morgan fingerprint density at radius 3 is 1.89 bits per heavy atom. The zero-order valence-electron chi connectivity index (χ0n) is 12.3. The number of nitrogens with zero attached hydrogens (tertiary/aromatic N) is 2. The molecule has 0 bridgehead atoms. The normalized spacial score (nSPS) is 11.8. The Labute approximate surface area is 114 Å². The highest BCUT2D eigenvalue weighted by atomic mass is 19.1. The van der Waals surface area contributed by atoms with Gasteiger partial charge in [0.25, 0.3) is 0 Å². The summed E-state index contributed by atoms with van der Waals surface area (Å²) in [5, 5.41) is 9.18. The smallest absolute Gasteiger partial charge is 0.227 e. The number of hydrogen-bond acceptors (Lipinski definition) is 1. The molecule has 1 rings (SSSR count). The molecule has 19 heavy (non-hydrogen) atoms. The molecule has 0 unspecified atom stereocenters. The number of hydrogen-bond donors (Lipinski definition) is 0. The van der Waals surface area contributed by atoms with E-state index in [2.05, 4.69) is 4.85 Å². The van der Waals surface area contributed by atoms with E-state index < -0.39 is 5.82 Å². The highest BCUT2D eigenvalue weighted by Gasteiger charge is 2.29. The van der Waals surface area contributed by atoms with Gasteiger partial charge in [0.1, 0.15) is 11.9 Å². The first kappa shape index (κ1) is 15.2. The van der Waals surface area contributed by atoms with Gasteiger partial charge in [0.05, 0.1) is 12.1 Å². The van der Waals surface area contributed by atoms with Crippen LogP contribution in [0.4, 0.5) is 10.1 Å². The van der Waals surface area contributed by atoms with E-state index >= 15 is 0 Å². The molecule has 1 aromatic rings. The summed E-state index contributed by atoms with van der Waals surface area (Å²) in [4.78, 5) is 3.29. The Balaban J connectivity index is 3.87. The second-order valence-electron chi connectivity index (χ2n) is 6.73. The van der Waals surface area contributed by atoms with Crippen molar-refractivity contribution in [2.45, 2.75) is 52.4 Å². The minimum Gasteiger partial charge on any atom is -0.235 e. The fourth-order valence-electron chi connectivity index (χ4n) is 2.02. The minimum absolute atomic E-state index is 0.00787. The van der Waals surface area contributed by atoms with Gasteiger partial charge in [-0.3, -0.25) is 0 Å². The van der Waals surface area contributed by atoms with Crippen LogP contribution in [-0.4, -0.2) is 0 Å². The van der Waals surface area contributed by atoms with Crippen LogP contribution in [0, 0.1) is 23.7 Å². The largest absolute Gasteiger partial charge is 0.235 e. The maximum Gasteiger partial charge on any atom is 0.227 e. The molecule has 0 radical (unpaired) electrons. The molecule has 0 amide bonds. The molecule has 0 fully saturated rings. The average Bonchev–Trinajstić information content (AvgIpc) is 2.24. The van der Waals surface area contributed by atoms with Gasteiger partial charge in [-0.1, -0.05) is 47.6 Å². The molecule has 2 nitrogen and oxygen atoms in total. The third-order valence-corrected chi connectivity index (χ3v) is 3.08. The van der Waals surface area contributed by atoms with Crippen LogP contribution in [0.2, 0.25) is 0 Å². The van der Waals surface area contributed by atoms with Crippen molar-refractivity contribution in [2.75, 3.05) is 0 Å². The van der Waals surface area contributed by atoms with Crippen LogP contribution in [0.3, 0.4) is 0 Å². The average molecular weight is 258 g/mol. The van der Waals surface area contributed by atoms with Gasteiger partial charge in [-0.05, 0) is 22.0 Å². The molecule has 100 valence electrons. The third kappa shape index (κ3) is 2.76. The summed E-state index contributed by atoms with van der Waals surface area (Å²) >= 11 is 0. The lowest BCUT2D eigenvalue weighted by molar-refractivity contribution is 0.548. The Morgan fingerprint density at radius 1 is 1.11 bits per heavy atom. The van der Waals surface area contributed by atoms with Crippen molar-refractivity contribution < 1.29 is 4.39 Å². The lowest BCUT2D eigenvalue weighted by atomic mass is 9.77. The Bertz CT molecular complexity index is 537. The van der Waals surface area contributed by atoms with Crippen molar-refractivity contribution in [2.24, 2.45) is 0 Å². The summed E-state index contributed by atoms with van der Waals surface area (Å²) in [6.45, 7) is 18.8. The van der Waals surface area contributed by atoms with E-state index in [1.165, 1.54) is 0 Å². The van der Waals surface area contributed by atoms with Crippen LogP contribution < -0.4 is 0 Å². The van der Waals surface area contributed by atoms with E-state index in [4.69, 9.17) is 6.57 Å². The molecule has 0 aliphatic heterocycles. The van der Waals surface area contributed by atoms with Crippen molar-refractivity contribution >= 4 is 5.69 Å². The standard InChI is InChI=1S/C16H19FN2/c1-15(2,3)11-8-12(16(4,5)6)14(19-7)13(17)10(11)9-18/h8H,1-6H3. The van der Waals surface area contributed by atoms with Gasteiger partial charge in [-0.25, -0.2) is 9.24 Å². The van der Waals surface area contributed by atoms with Crippen LogP contribution >= 0.6 is 0 Å². The lowest BCUT2D eigenvalue weighted by Gasteiger charge is -2.27. The van der Waals surface area contributed by atoms with Gasteiger partial charge in [-0.15, -0.1) is 0 Å². The van der Waals surface area contributed by atoms with Crippen molar-refractivity contribution in [3.05, 3.63) is 40.0 Å². The quantitative estimate of drug-likeness (QED) is 0.612. The number of halogens is 1. The molecular formula is C16H19FN2. The lowest BCUT2D eigenvalue weighted by Crippen LogP contribution is -2.19. The van der Waals surface area contributed by atoms with E-state index in [-0.39, 0.29) is 22.1 Å². The Hall–Kier alpha value is -1.87. The maximum absolute atomic E-state index is 14.4. The van der Waals surface area contributed by atoms with E-state index in [0.29, 0.717) is 11.1 Å². The second-order valence-corrected chi connectivity index (χ2v) is 6.73. The fourth-order valence-corrected chi connectivity index (χ4v) is 2.02. The third-order valence-electron chi connectivity index (χ3n) is 3.08. The van der Waals surface area contributed by atoms with E-state index in [1.54, 1.807) is 0 Å². The van der Waals surface area contributed by atoms with Crippen LogP contribution in [0.5, 0.6) is 0 Å². The van der Waals surface area contributed by atoms with Gasteiger partial charge in [0.15, 0.2) is 0 Å². The van der Waals surface area contributed by atoms with Gasteiger partial charge >= 0.3 is 0 Å². The number of rotatable bonds is 0. The monoisotopic (exact) mass is 258 g/mol. The summed E-state index contributed by atoms with van der Waals surface area (Å²) < 4.78 is 14.4. The summed E-state index contributed by atoms with van der Waals surface area (Å²) in [6, 6.07) is 3.72. The highest BCUT2D eigenvalue weighted by Crippen LogP contribution is 2.40. The molecule has 0 saturated heterocycles. The molecule has 3 heteroatoms. The first-order valence-corrected chi connectivity index (χ1v) is 6.19. The van der Waals surface area contributed by atoms with Gasteiger partial charge in [0, 0.05) is 0 Å². The predicted octanol–water partition coefficient (Wildman–Crippen LogP) is 4.84. The fraction of sp³-hybridized carbons (Fsp3) is 0.500. The molecule has 0 saturated carbocycles. The molecule has 0 spiro atoms. The zero-order chi connectivity index (χ0) is 15.0. The summed E-state index contributed by atoms with van der Waals surface area (Å²) in [6.07, 6.45) is 0. The van der Waals surface area contributed by atoms with Crippen molar-refractivity contribution in [3.63, 3.8) is 0 Å². The molecule has 0 aromatic heterocycles. The van der Waals surface area contributed by atoms with Crippen molar-refractivity contribution in [1.29, 1.82) is 5.26 Å². The van der Waals surface area contributed by atoms with E-state index in [0.717, 1.165) is 0 Å².